The molecule has 2 atom stereocenters. The Morgan fingerprint density at radius 2 is 2.12 bits per heavy atom. The van der Waals surface area contributed by atoms with Crippen molar-refractivity contribution in [2.45, 2.75) is 39.2 Å². The van der Waals surface area contributed by atoms with Crippen LogP contribution in [0.1, 0.15) is 42.2 Å². The van der Waals surface area contributed by atoms with Gasteiger partial charge in [0.05, 0.1) is 16.1 Å². The van der Waals surface area contributed by atoms with Crippen LogP contribution in [0.15, 0.2) is 24.3 Å². The molecular weight excluding hydrogens is 346 g/mol. The van der Waals surface area contributed by atoms with Crippen LogP contribution in [0, 0.1) is 12.8 Å². The molecule has 0 N–H and O–H groups in total. The summed E-state index contributed by atoms with van der Waals surface area (Å²) >= 11 is 6.33. The summed E-state index contributed by atoms with van der Waals surface area (Å²) in [5.74, 6) is 0.708. The zero-order valence-corrected chi connectivity index (χ0v) is 16.3. The molecule has 0 unspecified atom stereocenters. The number of aromatic nitrogens is 1. The van der Waals surface area contributed by atoms with Crippen molar-refractivity contribution >= 4 is 28.4 Å². The van der Waals surface area contributed by atoms with Gasteiger partial charge in [-0.05, 0) is 50.8 Å². The van der Waals surface area contributed by atoms with E-state index in [0.717, 1.165) is 48.3 Å². The monoisotopic (exact) mass is 371 g/mol. The van der Waals surface area contributed by atoms with E-state index in [9.17, 15) is 4.79 Å². The van der Waals surface area contributed by atoms with Crippen LogP contribution >= 0.6 is 11.6 Å². The molecule has 5 heteroatoms. The summed E-state index contributed by atoms with van der Waals surface area (Å²) in [6, 6.07) is 8.09. The number of carbonyl (C=O) groups is 1. The Hall–Kier alpha value is -1.65. The highest BCUT2D eigenvalue weighted by molar-refractivity contribution is 6.35. The lowest BCUT2D eigenvalue weighted by atomic mass is 9.95. The van der Waals surface area contributed by atoms with E-state index in [1.807, 2.05) is 31.2 Å². The Morgan fingerprint density at radius 3 is 2.92 bits per heavy atom. The number of carbonyl (C=O) groups excluding carboxylic acids is 1. The van der Waals surface area contributed by atoms with Crippen LogP contribution in [-0.4, -0.2) is 52.9 Å². The number of hydrogen-bond acceptors (Lipinski definition) is 3. The van der Waals surface area contributed by atoms with E-state index in [2.05, 4.69) is 21.7 Å². The highest BCUT2D eigenvalue weighted by atomic mass is 35.5. The number of hydrogen-bond donors (Lipinski definition) is 0. The summed E-state index contributed by atoms with van der Waals surface area (Å²) in [5, 5.41) is 1.46. The highest BCUT2D eigenvalue weighted by Gasteiger charge is 2.36. The number of fused-ring (bicyclic) bond motifs is 5. The third-order valence-corrected chi connectivity index (χ3v) is 6.08. The average molecular weight is 372 g/mol. The van der Waals surface area contributed by atoms with E-state index in [1.54, 1.807) is 0 Å². The molecule has 3 aliphatic heterocycles. The fourth-order valence-corrected chi connectivity index (χ4v) is 4.81. The Balaban J connectivity index is 1.68. The van der Waals surface area contributed by atoms with Crippen LogP contribution in [0.5, 0.6) is 0 Å². The Labute approximate surface area is 160 Å². The second-order valence-electron chi connectivity index (χ2n) is 7.75. The van der Waals surface area contributed by atoms with Crippen LogP contribution in [0.25, 0.3) is 10.9 Å². The minimum atomic E-state index is 0.123. The molecule has 2 bridgehead atoms. The number of pyridine rings is 1. The zero-order valence-electron chi connectivity index (χ0n) is 15.5. The standard InChI is InChI=1S/C21H26ClN3O/c1-3-9-24-11-15-7-8-16(24)13-25(12-15)21(26)18-10-14(2)23-20-17(18)5-4-6-19(20)22/h4-6,10,15-16H,3,7-9,11-13H2,1-2H3/t15-,16-/m0/s1. The van der Waals surface area contributed by atoms with Crippen LogP contribution < -0.4 is 0 Å². The van der Waals surface area contributed by atoms with Crippen molar-refractivity contribution in [1.29, 1.82) is 0 Å². The predicted octanol–water partition coefficient (Wildman–Crippen LogP) is 4.14. The molecule has 3 fully saturated rings. The molecule has 1 aromatic heterocycles. The second kappa shape index (κ2) is 7.16. The van der Waals surface area contributed by atoms with Crippen LogP contribution in [-0.2, 0) is 0 Å². The van der Waals surface area contributed by atoms with E-state index in [4.69, 9.17) is 11.6 Å². The first-order valence-corrected chi connectivity index (χ1v) is 10.0. The third-order valence-electron chi connectivity index (χ3n) is 5.77. The van der Waals surface area contributed by atoms with Gasteiger partial charge in [0.25, 0.3) is 5.91 Å². The van der Waals surface area contributed by atoms with Gasteiger partial charge in [0, 0.05) is 36.8 Å². The first kappa shape index (κ1) is 17.7. The Kier molecular flexibility index (Phi) is 4.89. The predicted molar refractivity (Wildman–Crippen MR) is 106 cm³/mol. The maximum atomic E-state index is 13.4. The van der Waals surface area contributed by atoms with Crippen molar-refractivity contribution < 1.29 is 4.79 Å². The summed E-state index contributed by atoms with van der Waals surface area (Å²) in [4.78, 5) is 22.7. The van der Waals surface area contributed by atoms with Gasteiger partial charge in [-0.3, -0.25) is 14.7 Å². The minimum absolute atomic E-state index is 0.123. The summed E-state index contributed by atoms with van der Waals surface area (Å²) in [7, 11) is 0. The number of para-hydroxylation sites is 1. The van der Waals surface area contributed by atoms with Crippen LogP contribution in [0.2, 0.25) is 5.02 Å². The molecule has 0 saturated carbocycles. The molecule has 3 saturated heterocycles. The average Bonchev–Trinajstić information content (AvgIpc) is 2.93. The quantitative estimate of drug-likeness (QED) is 0.813. The fraction of sp³-hybridized carbons (Fsp3) is 0.524. The molecule has 1 amide bonds. The van der Waals surface area contributed by atoms with Crippen molar-refractivity contribution in [3.05, 3.63) is 40.5 Å². The van der Waals surface area contributed by atoms with Crippen molar-refractivity contribution in [2.24, 2.45) is 5.92 Å². The molecule has 0 spiro atoms. The van der Waals surface area contributed by atoms with Crippen LogP contribution in [0.4, 0.5) is 0 Å². The number of aryl methyl sites for hydroxylation is 1. The normalized spacial score (nSPS) is 23.4. The molecule has 1 aromatic carbocycles. The number of rotatable bonds is 3. The number of nitrogens with zero attached hydrogens (tertiary/aromatic N) is 3. The van der Waals surface area contributed by atoms with E-state index in [-0.39, 0.29) is 5.91 Å². The van der Waals surface area contributed by atoms with E-state index >= 15 is 0 Å². The lowest BCUT2D eigenvalue weighted by Gasteiger charge is -2.35. The molecule has 0 radical (unpaired) electrons. The maximum Gasteiger partial charge on any atom is 0.254 e. The first-order valence-electron chi connectivity index (χ1n) is 9.66. The van der Waals surface area contributed by atoms with Gasteiger partial charge in [0.1, 0.15) is 0 Å². The summed E-state index contributed by atoms with van der Waals surface area (Å²) in [5.41, 5.74) is 2.29. The number of benzene rings is 1. The second-order valence-corrected chi connectivity index (χ2v) is 8.16. The van der Waals surface area contributed by atoms with Gasteiger partial charge in [-0.1, -0.05) is 30.7 Å². The number of halogens is 1. The SMILES string of the molecule is CCCN1C[C@@H]2CC[C@H]1CN(C(=O)c1cc(C)nc3c(Cl)cccc13)C2. The summed E-state index contributed by atoms with van der Waals surface area (Å²) in [6.45, 7) is 8.11. The number of amides is 1. The van der Waals surface area contributed by atoms with Gasteiger partial charge in [0.15, 0.2) is 0 Å². The lowest BCUT2D eigenvalue weighted by Crippen LogP contribution is -2.44. The number of piperidine rings is 1. The van der Waals surface area contributed by atoms with Gasteiger partial charge in [-0.25, -0.2) is 0 Å². The maximum absolute atomic E-state index is 13.4. The van der Waals surface area contributed by atoms with Gasteiger partial charge in [0.2, 0.25) is 0 Å². The van der Waals surface area contributed by atoms with Crippen molar-refractivity contribution in [1.82, 2.24) is 14.8 Å². The van der Waals surface area contributed by atoms with E-state index < -0.39 is 0 Å². The molecule has 3 aliphatic rings. The first-order chi connectivity index (χ1) is 12.6. The molecule has 0 aliphatic carbocycles. The Bertz CT molecular complexity index is 837. The van der Waals surface area contributed by atoms with Crippen LogP contribution in [0.3, 0.4) is 0 Å². The zero-order chi connectivity index (χ0) is 18.3. The highest BCUT2D eigenvalue weighted by Crippen LogP contribution is 2.31. The topological polar surface area (TPSA) is 36.4 Å². The largest absolute Gasteiger partial charge is 0.337 e. The summed E-state index contributed by atoms with van der Waals surface area (Å²) in [6.07, 6.45) is 3.61. The molecule has 4 nitrogen and oxygen atoms in total. The summed E-state index contributed by atoms with van der Waals surface area (Å²) < 4.78 is 0. The molecule has 2 aromatic rings. The molecule has 4 heterocycles. The van der Waals surface area contributed by atoms with Crippen molar-refractivity contribution in [3.8, 4) is 0 Å². The molecular formula is C21H26ClN3O. The van der Waals surface area contributed by atoms with E-state index in [0.29, 0.717) is 17.0 Å². The minimum Gasteiger partial charge on any atom is -0.337 e. The van der Waals surface area contributed by atoms with Gasteiger partial charge < -0.3 is 4.90 Å². The van der Waals surface area contributed by atoms with Crippen molar-refractivity contribution in [2.75, 3.05) is 26.2 Å². The van der Waals surface area contributed by atoms with Gasteiger partial charge >= 0.3 is 0 Å². The van der Waals surface area contributed by atoms with Gasteiger partial charge in [-0.15, -0.1) is 0 Å². The fourth-order valence-electron chi connectivity index (χ4n) is 4.59. The third kappa shape index (κ3) is 3.21. The van der Waals surface area contributed by atoms with Crippen molar-refractivity contribution in [3.63, 3.8) is 0 Å². The molecule has 5 rings (SSSR count). The van der Waals surface area contributed by atoms with Gasteiger partial charge in [-0.2, -0.15) is 0 Å². The van der Waals surface area contributed by atoms with E-state index in [1.165, 1.54) is 19.3 Å². The lowest BCUT2D eigenvalue weighted by molar-refractivity contribution is 0.0740. The smallest absolute Gasteiger partial charge is 0.254 e. The molecule has 26 heavy (non-hydrogen) atoms. The Morgan fingerprint density at radius 1 is 1.27 bits per heavy atom. The molecule has 138 valence electrons.